The van der Waals surface area contributed by atoms with E-state index in [2.05, 4.69) is 15.6 Å². The van der Waals surface area contributed by atoms with Gasteiger partial charge in [-0.1, -0.05) is 18.2 Å². The number of carbonyl (C=O) groups excluding carboxylic acids is 2. The summed E-state index contributed by atoms with van der Waals surface area (Å²) in [5.74, 6) is -1.07. The molecule has 1 aromatic heterocycles. The molecule has 0 saturated carbocycles. The second-order valence-corrected chi connectivity index (χ2v) is 7.71. The molecule has 2 amide bonds. The highest BCUT2D eigenvalue weighted by Crippen LogP contribution is 2.32. The molecule has 2 aromatic carbocycles. The summed E-state index contributed by atoms with van der Waals surface area (Å²) in [6.07, 6.45) is -3.17. The van der Waals surface area contributed by atoms with Crippen molar-refractivity contribution in [1.82, 2.24) is 9.88 Å². The van der Waals surface area contributed by atoms with Crippen LogP contribution in [0.4, 0.5) is 24.7 Å². The Balaban J connectivity index is 1.89. The molecule has 3 rings (SSSR count). The van der Waals surface area contributed by atoms with Gasteiger partial charge in [0.15, 0.2) is 0 Å². The van der Waals surface area contributed by atoms with Crippen LogP contribution in [-0.4, -0.2) is 41.6 Å². The molecule has 0 spiro atoms. The zero-order valence-corrected chi connectivity index (χ0v) is 18.6. The molecule has 0 fully saturated rings. The van der Waals surface area contributed by atoms with Gasteiger partial charge in [-0.3, -0.25) is 15.0 Å². The molecule has 34 heavy (non-hydrogen) atoms. The summed E-state index contributed by atoms with van der Waals surface area (Å²) in [5.41, 5.74) is 0.156. The number of hydrogen-bond donors (Lipinski definition) is 3. The molecule has 7 nitrogen and oxygen atoms in total. The van der Waals surface area contributed by atoms with Crippen molar-refractivity contribution in [3.05, 3.63) is 88.6 Å². The number of halogens is 3. The second-order valence-electron chi connectivity index (χ2n) is 7.71. The van der Waals surface area contributed by atoms with E-state index in [1.54, 1.807) is 44.1 Å². The number of benzene rings is 2. The standard InChI is InChI=1S/C24H22F3N5O2/c1-14-4-11-20(29-13-14)31-23(34)18-12-17(24(25,26)27)9-10-19(18)30-22(33)16-7-5-15(6-8-16)21(28)32(2)3/h4-13,28H,1-3H3,(H,30,33)(H,29,31,34). The lowest BCUT2D eigenvalue weighted by Crippen LogP contribution is -2.22. The molecule has 0 aliphatic heterocycles. The topological polar surface area (TPSA) is 98.2 Å². The molecule has 3 N–H and O–H groups in total. The van der Waals surface area contributed by atoms with Gasteiger partial charge in [-0.25, -0.2) is 4.98 Å². The number of amides is 2. The Bertz CT molecular complexity index is 1220. The SMILES string of the molecule is Cc1ccc(NC(=O)c2cc(C(F)(F)F)ccc2NC(=O)c2ccc(C(=N)N(C)C)cc2)nc1. The Hall–Kier alpha value is -4.21. The number of pyridine rings is 1. The van der Waals surface area contributed by atoms with Crippen molar-refractivity contribution in [3.8, 4) is 0 Å². The predicted molar refractivity (Wildman–Crippen MR) is 123 cm³/mol. The second kappa shape index (κ2) is 9.74. The Morgan fingerprint density at radius 2 is 1.56 bits per heavy atom. The first-order valence-electron chi connectivity index (χ1n) is 10.1. The number of nitrogens with one attached hydrogen (secondary N) is 3. The maximum Gasteiger partial charge on any atom is 0.416 e. The Labute approximate surface area is 194 Å². The van der Waals surface area contributed by atoms with Gasteiger partial charge in [0.2, 0.25) is 0 Å². The number of aryl methyl sites for hydroxylation is 1. The number of amidine groups is 1. The van der Waals surface area contributed by atoms with Crippen LogP contribution in [0.3, 0.4) is 0 Å². The summed E-state index contributed by atoms with van der Waals surface area (Å²) in [5, 5.41) is 12.9. The molecule has 10 heteroatoms. The third-order valence-corrected chi connectivity index (χ3v) is 4.86. The molecule has 0 bridgehead atoms. The average molecular weight is 469 g/mol. The van der Waals surface area contributed by atoms with Crippen LogP contribution < -0.4 is 10.6 Å². The van der Waals surface area contributed by atoms with Gasteiger partial charge in [0, 0.05) is 31.4 Å². The average Bonchev–Trinajstić information content (AvgIpc) is 2.79. The van der Waals surface area contributed by atoms with Gasteiger partial charge in [0.05, 0.1) is 16.8 Å². The van der Waals surface area contributed by atoms with E-state index in [-0.39, 0.29) is 28.5 Å². The van der Waals surface area contributed by atoms with E-state index in [4.69, 9.17) is 5.41 Å². The first-order valence-corrected chi connectivity index (χ1v) is 10.1. The number of nitrogens with zero attached hydrogens (tertiary/aromatic N) is 2. The lowest BCUT2D eigenvalue weighted by Gasteiger charge is -2.15. The van der Waals surface area contributed by atoms with Crippen LogP contribution in [0.2, 0.25) is 0 Å². The van der Waals surface area contributed by atoms with Gasteiger partial charge in [-0.15, -0.1) is 0 Å². The molecule has 0 radical (unpaired) electrons. The van der Waals surface area contributed by atoms with Gasteiger partial charge in [-0.05, 0) is 48.9 Å². The zero-order valence-electron chi connectivity index (χ0n) is 18.6. The summed E-state index contributed by atoms with van der Waals surface area (Å²) in [4.78, 5) is 31.2. The number of aromatic nitrogens is 1. The van der Waals surface area contributed by atoms with E-state index >= 15 is 0 Å². The quantitative estimate of drug-likeness (QED) is 0.369. The van der Waals surface area contributed by atoms with Crippen LogP contribution in [0.15, 0.2) is 60.8 Å². The normalized spacial score (nSPS) is 11.0. The molecule has 0 unspecified atom stereocenters. The van der Waals surface area contributed by atoms with Gasteiger partial charge >= 0.3 is 6.18 Å². The summed E-state index contributed by atoms with van der Waals surface area (Å²) < 4.78 is 39.8. The number of hydrogen-bond acceptors (Lipinski definition) is 4. The minimum Gasteiger partial charge on any atom is -0.363 e. The highest BCUT2D eigenvalue weighted by atomic mass is 19.4. The molecular formula is C24H22F3N5O2. The van der Waals surface area contributed by atoms with Crippen LogP contribution in [0.25, 0.3) is 0 Å². The predicted octanol–water partition coefficient (Wildman–Crippen LogP) is 4.80. The minimum absolute atomic E-state index is 0.0901. The van der Waals surface area contributed by atoms with Crippen molar-refractivity contribution in [3.63, 3.8) is 0 Å². The molecular weight excluding hydrogens is 447 g/mol. The molecule has 3 aromatic rings. The summed E-state index contributed by atoms with van der Waals surface area (Å²) in [6, 6.07) is 11.9. The van der Waals surface area contributed by atoms with Gasteiger partial charge < -0.3 is 15.5 Å². The van der Waals surface area contributed by atoms with Crippen LogP contribution in [0.1, 0.15) is 37.4 Å². The molecule has 0 aliphatic carbocycles. The van der Waals surface area contributed by atoms with Gasteiger partial charge in [0.1, 0.15) is 11.7 Å². The van der Waals surface area contributed by atoms with E-state index in [0.717, 1.165) is 17.7 Å². The maximum absolute atomic E-state index is 13.3. The molecule has 0 saturated heterocycles. The smallest absolute Gasteiger partial charge is 0.363 e. The number of carbonyl (C=O) groups is 2. The van der Waals surface area contributed by atoms with Crippen LogP contribution >= 0.6 is 0 Å². The number of anilines is 2. The Kier molecular flexibility index (Phi) is 7.00. The van der Waals surface area contributed by atoms with E-state index in [1.165, 1.54) is 24.4 Å². The van der Waals surface area contributed by atoms with E-state index < -0.39 is 23.6 Å². The van der Waals surface area contributed by atoms with Crippen LogP contribution in [0.5, 0.6) is 0 Å². The summed E-state index contributed by atoms with van der Waals surface area (Å²) >= 11 is 0. The number of alkyl halides is 3. The Morgan fingerprint density at radius 1 is 0.912 bits per heavy atom. The Morgan fingerprint density at radius 3 is 2.12 bits per heavy atom. The zero-order chi connectivity index (χ0) is 25.0. The third kappa shape index (κ3) is 5.77. The van der Waals surface area contributed by atoms with E-state index in [1.807, 2.05) is 0 Å². The van der Waals surface area contributed by atoms with Crippen molar-refractivity contribution in [1.29, 1.82) is 5.41 Å². The minimum atomic E-state index is -4.67. The third-order valence-electron chi connectivity index (χ3n) is 4.86. The molecule has 176 valence electrons. The summed E-state index contributed by atoms with van der Waals surface area (Å²) in [7, 11) is 3.43. The molecule has 0 atom stereocenters. The first kappa shape index (κ1) is 24.4. The summed E-state index contributed by atoms with van der Waals surface area (Å²) in [6.45, 7) is 1.80. The van der Waals surface area contributed by atoms with Crippen LogP contribution in [-0.2, 0) is 6.18 Å². The van der Waals surface area contributed by atoms with Crippen molar-refractivity contribution >= 4 is 29.2 Å². The first-order chi connectivity index (χ1) is 16.0. The largest absolute Gasteiger partial charge is 0.416 e. The fourth-order valence-electron chi connectivity index (χ4n) is 2.97. The highest BCUT2D eigenvalue weighted by Gasteiger charge is 2.32. The molecule has 1 heterocycles. The van der Waals surface area contributed by atoms with Gasteiger partial charge in [0.25, 0.3) is 11.8 Å². The molecule has 0 aliphatic rings. The lowest BCUT2D eigenvalue weighted by molar-refractivity contribution is -0.137. The maximum atomic E-state index is 13.3. The lowest BCUT2D eigenvalue weighted by atomic mass is 10.1. The fourth-order valence-corrected chi connectivity index (χ4v) is 2.97. The monoisotopic (exact) mass is 469 g/mol. The van der Waals surface area contributed by atoms with Crippen LogP contribution in [0, 0.1) is 12.3 Å². The highest BCUT2D eigenvalue weighted by molar-refractivity contribution is 6.12. The fraction of sp³-hybridized carbons (Fsp3) is 0.167. The van der Waals surface area contributed by atoms with Crippen molar-refractivity contribution in [2.75, 3.05) is 24.7 Å². The van der Waals surface area contributed by atoms with Crippen molar-refractivity contribution in [2.24, 2.45) is 0 Å². The number of rotatable bonds is 5. The van der Waals surface area contributed by atoms with Gasteiger partial charge in [-0.2, -0.15) is 13.2 Å². The van der Waals surface area contributed by atoms with E-state index in [9.17, 15) is 22.8 Å². The van der Waals surface area contributed by atoms with Crippen molar-refractivity contribution < 1.29 is 22.8 Å². The van der Waals surface area contributed by atoms with E-state index in [0.29, 0.717) is 11.6 Å². The van der Waals surface area contributed by atoms with Crippen molar-refractivity contribution in [2.45, 2.75) is 13.1 Å².